The summed E-state index contributed by atoms with van der Waals surface area (Å²) in [5, 5.41) is 10.1. The van der Waals surface area contributed by atoms with E-state index in [2.05, 4.69) is 15.5 Å². The molecule has 0 bridgehead atoms. The molecule has 0 spiro atoms. The molecule has 1 N–H and O–H groups in total. The highest BCUT2D eigenvalue weighted by atomic mass is 19.1. The molecule has 7 heteroatoms. The second-order valence-electron chi connectivity index (χ2n) is 5.06. The third kappa shape index (κ3) is 3.81. The summed E-state index contributed by atoms with van der Waals surface area (Å²) in [6, 6.07) is 11.9. The summed E-state index contributed by atoms with van der Waals surface area (Å²) < 4.78 is 32.0. The Balaban J connectivity index is 1.60. The molecule has 0 aliphatic heterocycles. The van der Waals surface area contributed by atoms with Crippen LogP contribution in [0.25, 0.3) is 11.5 Å². The van der Waals surface area contributed by atoms with Gasteiger partial charge in [0.1, 0.15) is 18.1 Å². The number of nitrogens with one attached hydrogen (secondary N) is 1. The highest BCUT2D eigenvalue weighted by Crippen LogP contribution is 2.18. The molecule has 0 aliphatic carbocycles. The Morgan fingerprint density at radius 1 is 1.08 bits per heavy atom. The highest BCUT2D eigenvalue weighted by Gasteiger charge is 2.13. The average molecular weight is 329 g/mol. The maximum absolute atomic E-state index is 13.5. The minimum absolute atomic E-state index is 0.0659. The first kappa shape index (κ1) is 15.8. The standard InChI is InChI=1S/C17H13F2N3O2/c18-13-6-3-5-11(8-13)17-22-21-16(24-17)9-15(23)20-10-12-4-1-2-7-14(12)19/h1-8H,9-10H2,(H,20,23). The zero-order valence-electron chi connectivity index (χ0n) is 12.5. The highest BCUT2D eigenvalue weighted by molar-refractivity contribution is 5.77. The number of hydrogen-bond donors (Lipinski definition) is 1. The summed E-state index contributed by atoms with van der Waals surface area (Å²) in [4.78, 5) is 11.9. The molecular weight excluding hydrogens is 316 g/mol. The van der Waals surface area contributed by atoms with Gasteiger partial charge in [0.25, 0.3) is 0 Å². The zero-order valence-corrected chi connectivity index (χ0v) is 12.5. The van der Waals surface area contributed by atoms with Crippen molar-refractivity contribution in [3.05, 3.63) is 71.6 Å². The molecular formula is C17H13F2N3O2. The van der Waals surface area contributed by atoms with Crippen molar-refractivity contribution in [3.8, 4) is 11.5 Å². The fourth-order valence-electron chi connectivity index (χ4n) is 2.10. The Labute approximate surface area is 136 Å². The Bertz CT molecular complexity index is 864. The fraction of sp³-hybridized carbons (Fsp3) is 0.118. The van der Waals surface area contributed by atoms with E-state index in [0.717, 1.165) is 0 Å². The Kier molecular flexibility index (Phi) is 4.60. The number of rotatable bonds is 5. The normalized spacial score (nSPS) is 10.6. The molecule has 0 saturated carbocycles. The van der Waals surface area contributed by atoms with E-state index in [-0.39, 0.29) is 36.5 Å². The predicted molar refractivity (Wildman–Crippen MR) is 81.6 cm³/mol. The van der Waals surface area contributed by atoms with E-state index in [1.54, 1.807) is 24.3 Å². The molecule has 1 aromatic heterocycles. The number of amides is 1. The van der Waals surface area contributed by atoms with Crippen LogP contribution in [0.2, 0.25) is 0 Å². The van der Waals surface area contributed by atoms with Gasteiger partial charge >= 0.3 is 0 Å². The molecule has 0 atom stereocenters. The van der Waals surface area contributed by atoms with Crippen LogP contribution in [0.4, 0.5) is 8.78 Å². The molecule has 2 aromatic carbocycles. The zero-order chi connectivity index (χ0) is 16.9. The summed E-state index contributed by atoms with van der Waals surface area (Å²) in [6.45, 7) is 0.0659. The van der Waals surface area contributed by atoms with Crippen molar-refractivity contribution >= 4 is 5.91 Å². The molecule has 3 rings (SSSR count). The molecule has 24 heavy (non-hydrogen) atoms. The van der Waals surface area contributed by atoms with Crippen LogP contribution >= 0.6 is 0 Å². The monoisotopic (exact) mass is 329 g/mol. The van der Waals surface area contributed by atoms with Crippen molar-refractivity contribution in [2.24, 2.45) is 0 Å². The lowest BCUT2D eigenvalue weighted by Gasteiger charge is -2.04. The minimum Gasteiger partial charge on any atom is -0.420 e. The summed E-state index contributed by atoms with van der Waals surface area (Å²) in [7, 11) is 0. The van der Waals surface area contributed by atoms with E-state index in [0.29, 0.717) is 11.1 Å². The number of benzene rings is 2. The number of carbonyl (C=O) groups excluding carboxylic acids is 1. The van der Waals surface area contributed by atoms with Crippen molar-refractivity contribution < 1.29 is 18.0 Å². The van der Waals surface area contributed by atoms with Crippen LogP contribution in [0.1, 0.15) is 11.5 Å². The van der Waals surface area contributed by atoms with Gasteiger partial charge in [-0.05, 0) is 24.3 Å². The van der Waals surface area contributed by atoms with Gasteiger partial charge in [-0.15, -0.1) is 10.2 Å². The first-order valence-electron chi connectivity index (χ1n) is 7.20. The molecule has 1 heterocycles. The van der Waals surface area contributed by atoms with Gasteiger partial charge in [-0.1, -0.05) is 24.3 Å². The molecule has 0 unspecified atom stereocenters. The van der Waals surface area contributed by atoms with Crippen LogP contribution in [0.15, 0.2) is 52.9 Å². The van der Waals surface area contributed by atoms with Gasteiger partial charge in [0, 0.05) is 17.7 Å². The van der Waals surface area contributed by atoms with Crippen LogP contribution in [0.3, 0.4) is 0 Å². The van der Waals surface area contributed by atoms with Crippen LogP contribution in [0, 0.1) is 11.6 Å². The van der Waals surface area contributed by atoms with Crippen molar-refractivity contribution in [1.29, 1.82) is 0 Å². The lowest BCUT2D eigenvalue weighted by Crippen LogP contribution is -2.25. The Morgan fingerprint density at radius 2 is 1.92 bits per heavy atom. The lowest BCUT2D eigenvalue weighted by atomic mass is 10.2. The number of carbonyl (C=O) groups is 1. The fourth-order valence-corrected chi connectivity index (χ4v) is 2.10. The number of aromatic nitrogens is 2. The lowest BCUT2D eigenvalue weighted by molar-refractivity contribution is -0.120. The summed E-state index contributed by atoms with van der Waals surface area (Å²) in [6.07, 6.45) is -0.142. The third-order valence-electron chi connectivity index (χ3n) is 3.28. The van der Waals surface area contributed by atoms with Crippen molar-refractivity contribution in [1.82, 2.24) is 15.5 Å². The maximum Gasteiger partial charge on any atom is 0.247 e. The Hall–Kier alpha value is -3.09. The quantitative estimate of drug-likeness (QED) is 0.781. The second-order valence-corrected chi connectivity index (χ2v) is 5.06. The van der Waals surface area contributed by atoms with Gasteiger partial charge in [0.05, 0.1) is 0 Å². The van der Waals surface area contributed by atoms with Crippen molar-refractivity contribution in [2.75, 3.05) is 0 Å². The molecule has 0 fully saturated rings. The van der Waals surface area contributed by atoms with Gasteiger partial charge < -0.3 is 9.73 Å². The van der Waals surface area contributed by atoms with Crippen molar-refractivity contribution in [2.45, 2.75) is 13.0 Å². The smallest absolute Gasteiger partial charge is 0.247 e. The number of halogens is 2. The van der Waals surface area contributed by atoms with Gasteiger partial charge in [-0.25, -0.2) is 8.78 Å². The van der Waals surface area contributed by atoms with Crippen LogP contribution in [-0.4, -0.2) is 16.1 Å². The molecule has 122 valence electrons. The van der Waals surface area contributed by atoms with Gasteiger partial charge in [0.15, 0.2) is 0 Å². The SMILES string of the molecule is O=C(Cc1nnc(-c2cccc(F)c2)o1)NCc1ccccc1F. The summed E-state index contributed by atoms with van der Waals surface area (Å²) >= 11 is 0. The van der Waals surface area contributed by atoms with Gasteiger partial charge in [-0.3, -0.25) is 4.79 Å². The predicted octanol–water partition coefficient (Wildman–Crippen LogP) is 2.87. The Morgan fingerprint density at radius 3 is 2.71 bits per heavy atom. The molecule has 3 aromatic rings. The largest absolute Gasteiger partial charge is 0.420 e. The average Bonchev–Trinajstić information content (AvgIpc) is 3.02. The van der Waals surface area contributed by atoms with E-state index in [4.69, 9.17) is 4.42 Å². The first-order chi connectivity index (χ1) is 11.6. The number of nitrogens with zero attached hydrogens (tertiary/aromatic N) is 2. The van der Waals surface area contributed by atoms with E-state index in [9.17, 15) is 13.6 Å². The second kappa shape index (κ2) is 6.99. The van der Waals surface area contributed by atoms with E-state index < -0.39 is 5.82 Å². The topological polar surface area (TPSA) is 68.0 Å². The summed E-state index contributed by atoms with van der Waals surface area (Å²) in [5.41, 5.74) is 0.817. The van der Waals surface area contributed by atoms with E-state index >= 15 is 0 Å². The van der Waals surface area contributed by atoms with Gasteiger partial charge in [-0.2, -0.15) is 0 Å². The molecule has 0 radical (unpaired) electrons. The van der Waals surface area contributed by atoms with Crippen LogP contribution in [-0.2, 0) is 17.8 Å². The molecule has 0 aliphatic rings. The maximum atomic E-state index is 13.5. The summed E-state index contributed by atoms with van der Waals surface area (Å²) in [5.74, 6) is -0.960. The molecule has 0 saturated heterocycles. The molecule has 1 amide bonds. The van der Waals surface area contributed by atoms with E-state index in [1.165, 1.54) is 24.3 Å². The first-order valence-corrected chi connectivity index (χ1v) is 7.20. The van der Waals surface area contributed by atoms with Crippen LogP contribution < -0.4 is 5.32 Å². The van der Waals surface area contributed by atoms with Crippen LogP contribution in [0.5, 0.6) is 0 Å². The van der Waals surface area contributed by atoms with Crippen molar-refractivity contribution in [3.63, 3.8) is 0 Å². The van der Waals surface area contributed by atoms with E-state index in [1.807, 2.05) is 0 Å². The number of hydrogen-bond acceptors (Lipinski definition) is 4. The van der Waals surface area contributed by atoms with Gasteiger partial charge in [0.2, 0.25) is 17.7 Å². The minimum atomic E-state index is -0.421. The third-order valence-corrected chi connectivity index (χ3v) is 3.28. The molecule has 5 nitrogen and oxygen atoms in total.